The zero-order valence-corrected chi connectivity index (χ0v) is 8.54. The van der Waals surface area contributed by atoms with E-state index in [1.54, 1.807) is 0 Å². The van der Waals surface area contributed by atoms with Crippen LogP contribution < -0.4 is 5.73 Å². The number of aliphatic hydroxyl groups is 1. The normalized spacial score (nSPS) is 12.2. The smallest absolute Gasteiger partial charge is 0.340 e. The van der Waals surface area contributed by atoms with Crippen molar-refractivity contribution in [1.82, 2.24) is 0 Å². The van der Waals surface area contributed by atoms with Crippen molar-refractivity contribution >= 4 is 11.7 Å². The average Bonchev–Trinajstić information content (AvgIpc) is 2.20. The highest BCUT2D eigenvalue weighted by molar-refractivity contribution is 5.95. The summed E-state index contributed by atoms with van der Waals surface area (Å²) in [6.07, 6.45) is -0.838. The molecule has 6 heteroatoms. The Morgan fingerprint density at radius 3 is 2.62 bits per heavy atom. The number of carbonyl (C=O) groups is 1. The van der Waals surface area contributed by atoms with Gasteiger partial charge in [-0.3, -0.25) is 0 Å². The molecule has 1 aromatic carbocycles. The molecule has 1 atom stereocenters. The number of nitrogens with two attached hydrogens (primary N) is 1. The summed E-state index contributed by atoms with van der Waals surface area (Å²) in [6.45, 7) is 1.18. The second kappa shape index (κ2) is 4.89. The van der Waals surface area contributed by atoms with Crippen molar-refractivity contribution in [3.05, 3.63) is 29.3 Å². The Morgan fingerprint density at radius 1 is 1.50 bits per heavy atom. The maximum atomic E-state index is 12.8. The molecular weight excluding hydrogens is 220 g/mol. The van der Waals surface area contributed by atoms with E-state index in [0.717, 1.165) is 0 Å². The number of carbonyl (C=O) groups excluding carboxylic acids is 1. The third-order valence-electron chi connectivity index (χ3n) is 1.77. The molecule has 1 rings (SSSR count). The highest BCUT2D eigenvalue weighted by Crippen LogP contribution is 2.17. The number of benzene rings is 1. The molecule has 0 aliphatic rings. The van der Waals surface area contributed by atoms with Crippen molar-refractivity contribution in [3.63, 3.8) is 0 Å². The Labute approximate surface area is 90.6 Å². The first-order valence-electron chi connectivity index (χ1n) is 4.51. The van der Waals surface area contributed by atoms with Gasteiger partial charge >= 0.3 is 5.97 Å². The van der Waals surface area contributed by atoms with Crippen LogP contribution in [0.25, 0.3) is 0 Å². The van der Waals surface area contributed by atoms with Crippen molar-refractivity contribution < 1.29 is 23.4 Å². The van der Waals surface area contributed by atoms with Gasteiger partial charge in [0.2, 0.25) is 0 Å². The van der Waals surface area contributed by atoms with Gasteiger partial charge < -0.3 is 15.6 Å². The van der Waals surface area contributed by atoms with Gasteiger partial charge in [-0.15, -0.1) is 0 Å². The zero-order valence-electron chi connectivity index (χ0n) is 8.54. The van der Waals surface area contributed by atoms with Crippen molar-refractivity contribution in [2.45, 2.75) is 13.0 Å². The molecule has 1 aromatic rings. The van der Waals surface area contributed by atoms with Gasteiger partial charge in [0.15, 0.2) is 11.6 Å². The zero-order chi connectivity index (χ0) is 12.3. The molecule has 0 radical (unpaired) electrons. The highest BCUT2D eigenvalue weighted by atomic mass is 19.2. The van der Waals surface area contributed by atoms with Gasteiger partial charge in [-0.25, -0.2) is 13.6 Å². The molecule has 16 heavy (non-hydrogen) atoms. The lowest BCUT2D eigenvalue weighted by atomic mass is 10.1. The summed E-state index contributed by atoms with van der Waals surface area (Å²) in [7, 11) is 0. The molecule has 0 heterocycles. The quantitative estimate of drug-likeness (QED) is 0.603. The van der Waals surface area contributed by atoms with E-state index < -0.39 is 23.7 Å². The highest BCUT2D eigenvalue weighted by Gasteiger charge is 2.16. The molecule has 3 N–H and O–H groups in total. The first kappa shape index (κ1) is 12.4. The van der Waals surface area contributed by atoms with Crippen LogP contribution in [0.3, 0.4) is 0 Å². The molecule has 0 saturated carbocycles. The molecule has 0 bridgehead atoms. The molecular formula is C10H11F2NO3. The Hall–Kier alpha value is -1.69. The fourth-order valence-electron chi connectivity index (χ4n) is 1.01. The van der Waals surface area contributed by atoms with Crippen LogP contribution in [0.2, 0.25) is 0 Å². The summed E-state index contributed by atoms with van der Waals surface area (Å²) >= 11 is 0. The lowest BCUT2D eigenvalue weighted by molar-refractivity contribution is 0.0297. The van der Waals surface area contributed by atoms with Crippen LogP contribution in [0, 0.1) is 11.6 Å². The number of ether oxygens (including phenoxy) is 1. The van der Waals surface area contributed by atoms with Crippen LogP contribution in [0.4, 0.5) is 14.5 Å². The van der Waals surface area contributed by atoms with Crippen LogP contribution in [0.15, 0.2) is 12.1 Å². The fraction of sp³-hybridized carbons (Fsp3) is 0.300. The van der Waals surface area contributed by atoms with Gasteiger partial charge in [-0.2, -0.15) is 0 Å². The van der Waals surface area contributed by atoms with Crippen LogP contribution in [-0.2, 0) is 4.74 Å². The molecule has 4 nitrogen and oxygen atoms in total. The Morgan fingerprint density at radius 2 is 2.06 bits per heavy atom. The van der Waals surface area contributed by atoms with Gasteiger partial charge in [0.1, 0.15) is 6.61 Å². The SMILES string of the molecule is CC(O)COC(=O)c1cc(F)c(F)cc1N. The Kier molecular flexibility index (Phi) is 3.78. The van der Waals surface area contributed by atoms with E-state index in [1.807, 2.05) is 0 Å². The third-order valence-corrected chi connectivity index (χ3v) is 1.77. The van der Waals surface area contributed by atoms with E-state index >= 15 is 0 Å². The van der Waals surface area contributed by atoms with Crippen molar-refractivity contribution in [1.29, 1.82) is 0 Å². The van der Waals surface area contributed by atoms with Gasteiger partial charge in [-0.05, 0) is 13.0 Å². The minimum Gasteiger partial charge on any atom is -0.459 e. The van der Waals surface area contributed by atoms with Gasteiger partial charge in [0.25, 0.3) is 0 Å². The van der Waals surface area contributed by atoms with Gasteiger partial charge in [0.05, 0.1) is 11.7 Å². The molecule has 0 aromatic heterocycles. The molecule has 0 saturated heterocycles. The molecule has 88 valence electrons. The largest absolute Gasteiger partial charge is 0.459 e. The maximum Gasteiger partial charge on any atom is 0.340 e. The lowest BCUT2D eigenvalue weighted by Gasteiger charge is -2.08. The predicted molar refractivity (Wildman–Crippen MR) is 52.7 cm³/mol. The number of anilines is 1. The standard InChI is InChI=1S/C10H11F2NO3/c1-5(14)4-16-10(15)6-2-7(11)8(12)3-9(6)13/h2-3,5,14H,4,13H2,1H3. The minimum absolute atomic E-state index is 0.213. The molecule has 0 spiro atoms. The predicted octanol–water partition coefficient (Wildman–Crippen LogP) is 1.08. The number of esters is 1. The topological polar surface area (TPSA) is 72.5 Å². The van der Waals surface area contributed by atoms with E-state index in [-0.39, 0.29) is 17.9 Å². The average molecular weight is 231 g/mol. The molecule has 0 amide bonds. The minimum atomic E-state index is -1.18. The summed E-state index contributed by atoms with van der Waals surface area (Å²) in [5.74, 6) is -3.22. The first-order chi connectivity index (χ1) is 7.41. The van der Waals surface area contributed by atoms with E-state index in [1.165, 1.54) is 6.92 Å². The second-order valence-electron chi connectivity index (χ2n) is 3.30. The number of halogens is 2. The molecule has 0 aliphatic carbocycles. The van der Waals surface area contributed by atoms with Crippen molar-refractivity contribution in [2.75, 3.05) is 12.3 Å². The van der Waals surface area contributed by atoms with Gasteiger partial charge in [-0.1, -0.05) is 0 Å². The number of nitrogen functional groups attached to an aromatic ring is 1. The lowest BCUT2D eigenvalue weighted by Crippen LogP contribution is -2.16. The van der Waals surface area contributed by atoms with Crippen LogP contribution in [-0.4, -0.2) is 23.8 Å². The third kappa shape index (κ3) is 2.90. The van der Waals surface area contributed by atoms with Crippen LogP contribution >= 0.6 is 0 Å². The summed E-state index contributed by atoms with van der Waals surface area (Å²) in [4.78, 5) is 11.3. The summed E-state index contributed by atoms with van der Waals surface area (Å²) in [5.41, 5.74) is 4.85. The van der Waals surface area contributed by atoms with Crippen LogP contribution in [0.1, 0.15) is 17.3 Å². The summed E-state index contributed by atoms with van der Waals surface area (Å²) in [5, 5.41) is 8.87. The van der Waals surface area contributed by atoms with Gasteiger partial charge in [0, 0.05) is 11.8 Å². The van der Waals surface area contributed by atoms with E-state index in [9.17, 15) is 13.6 Å². The first-order valence-corrected chi connectivity index (χ1v) is 4.51. The number of hydrogen-bond acceptors (Lipinski definition) is 4. The molecule has 1 unspecified atom stereocenters. The fourth-order valence-corrected chi connectivity index (χ4v) is 1.01. The summed E-state index contributed by atoms with van der Waals surface area (Å²) in [6, 6.07) is 1.36. The van der Waals surface area contributed by atoms with Crippen molar-refractivity contribution in [3.8, 4) is 0 Å². The second-order valence-corrected chi connectivity index (χ2v) is 3.30. The molecule has 0 aliphatic heterocycles. The monoisotopic (exact) mass is 231 g/mol. The van der Waals surface area contributed by atoms with E-state index in [4.69, 9.17) is 10.8 Å². The number of hydrogen-bond donors (Lipinski definition) is 2. The summed E-state index contributed by atoms with van der Waals surface area (Å²) < 4.78 is 30.1. The van der Waals surface area contributed by atoms with Crippen LogP contribution in [0.5, 0.6) is 0 Å². The van der Waals surface area contributed by atoms with Crippen molar-refractivity contribution in [2.24, 2.45) is 0 Å². The Bertz CT molecular complexity index is 407. The maximum absolute atomic E-state index is 12.8. The number of aliphatic hydroxyl groups excluding tert-OH is 1. The van der Waals surface area contributed by atoms with E-state index in [2.05, 4.69) is 4.74 Å². The number of rotatable bonds is 3. The van der Waals surface area contributed by atoms with E-state index in [0.29, 0.717) is 12.1 Å². The Balaban J connectivity index is 2.87. The molecule has 0 fully saturated rings.